The van der Waals surface area contributed by atoms with Gasteiger partial charge in [-0.3, -0.25) is 9.69 Å². The lowest BCUT2D eigenvalue weighted by molar-refractivity contribution is -0.0215. The molecule has 4 aliphatic carbocycles. The van der Waals surface area contributed by atoms with Crippen molar-refractivity contribution in [1.29, 1.82) is 0 Å². The maximum absolute atomic E-state index is 12.9. The van der Waals surface area contributed by atoms with E-state index in [0.29, 0.717) is 11.2 Å². The molecule has 0 unspecified atom stereocenters. The van der Waals surface area contributed by atoms with Gasteiger partial charge in [-0.15, -0.1) is 0 Å². The van der Waals surface area contributed by atoms with Gasteiger partial charge in [0.15, 0.2) is 5.76 Å². The second-order valence-electron chi connectivity index (χ2n) is 11.4. The average Bonchev–Trinajstić information content (AvgIpc) is 3.47. The number of furan rings is 1. The van der Waals surface area contributed by atoms with Gasteiger partial charge in [0.25, 0.3) is 5.91 Å². The maximum atomic E-state index is 12.9. The lowest BCUT2D eigenvalue weighted by Crippen LogP contribution is -2.53. The Balaban J connectivity index is 1.21. The molecule has 5 nitrogen and oxygen atoms in total. The monoisotopic (exact) mass is 460 g/mol. The number of fused-ring (bicyclic) bond motifs is 3. The zero-order chi connectivity index (χ0) is 23.5. The number of nitrogens with zero attached hydrogens (tertiary/aromatic N) is 1. The molecule has 1 saturated carbocycles. The molecule has 2 heterocycles. The van der Waals surface area contributed by atoms with Crippen LogP contribution in [0, 0.1) is 17.3 Å². The van der Waals surface area contributed by atoms with Crippen molar-refractivity contribution in [2.45, 2.75) is 57.1 Å². The third-order valence-corrected chi connectivity index (χ3v) is 9.70. The van der Waals surface area contributed by atoms with Gasteiger partial charge in [0.05, 0.1) is 18.4 Å². The number of hydrogen-bond donors (Lipinski definition) is 1. The molecule has 5 heteroatoms. The standard InChI is InChI=1S/C29H36N2O3/c1-28(2)20-11-10-19(23(28)17-20)18-31-14-12-29(13-15-31)22-8-5-4-7-21(22)25(26(29)33-3)30-27(32)24-9-6-16-34-24/h4-10,16,20,23,25-26H,11-15,17-18H2,1-3H3,(H,30,32)/t20-,23-,25+,26-/m0/s1. The number of carbonyl (C=O) groups is 1. The first-order chi connectivity index (χ1) is 16.4. The summed E-state index contributed by atoms with van der Waals surface area (Å²) in [6.07, 6.45) is 8.71. The van der Waals surface area contributed by atoms with E-state index >= 15 is 0 Å². The third kappa shape index (κ3) is 3.24. The summed E-state index contributed by atoms with van der Waals surface area (Å²) in [5.41, 5.74) is 4.59. The Morgan fingerprint density at radius 2 is 1.97 bits per heavy atom. The van der Waals surface area contributed by atoms with Crippen molar-refractivity contribution in [2.24, 2.45) is 17.3 Å². The molecule has 1 spiro atoms. The third-order valence-electron chi connectivity index (χ3n) is 9.70. The van der Waals surface area contributed by atoms with Crippen molar-refractivity contribution in [2.75, 3.05) is 26.7 Å². The van der Waals surface area contributed by atoms with Crippen molar-refractivity contribution in [3.05, 3.63) is 71.2 Å². The van der Waals surface area contributed by atoms with Crippen LogP contribution in [-0.2, 0) is 10.2 Å². The van der Waals surface area contributed by atoms with E-state index in [-0.39, 0.29) is 23.5 Å². The van der Waals surface area contributed by atoms with E-state index in [1.807, 2.05) is 0 Å². The van der Waals surface area contributed by atoms with Crippen molar-refractivity contribution >= 4 is 5.91 Å². The van der Waals surface area contributed by atoms with Gasteiger partial charge in [-0.2, -0.15) is 0 Å². The molecule has 1 amide bonds. The molecular formula is C29H36N2O3. The Labute approximate surface area is 202 Å². The van der Waals surface area contributed by atoms with Crippen LogP contribution in [0.4, 0.5) is 0 Å². The second kappa shape index (κ2) is 8.10. The van der Waals surface area contributed by atoms with Crippen molar-refractivity contribution in [3.8, 4) is 0 Å². The van der Waals surface area contributed by atoms with Gasteiger partial charge >= 0.3 is 0 Å². The highest BCUT2D eigenvalue weighted by atomic mass is 16.5. The molecule has 1 aromatic carbocycles. The summed E-state index contributed by atoms with van der Waals surface area (Å²) >= 11 is 0. The van der Waals surface area contributed by atoms with Crippen molar-refractivity contribution in [1.82, 2.24) is 10.2 Å². The van der Waals surface area contributed by atoms with Crippen LogP contribution >= 0.6 is 0 Å². The fourth-order valence-corrected chi connectivity index (χ4v) is 7.57. The topological polar surface area (TPSA) is 54.7 Å². The van der Waals surface area contributed by atoms with Crippen LogP contribution in [0.2, 0.25) is 0 Å². The lowest BCUT2D eigenvalue weighted by atomic mass is 9.49. The van der Waals surface area contributed by atoms with Gasteiger partial charge in [-0.25, -0.2) is 0 Å². The number of methoxy groups -OCH3 is 1. The molecule has 180 valence electrons. The van der Waals surface area contributed by atoms with Crippen LogP contribution in [0.1, 0.15) is 67.3 Å². The van der Waals surface area contributed by atoms with Crippen LogP contribution in [0.15, 0.2) is 58.7 Å². The lowest BCUT2D eigenvalue weighted by Gasteiger charge is -2.57. The molecule has 34 heavy (non-hydrogen) atoms. The van der Waals surface area contributed by atoms with E-state index in [2.05, 4.69) is 54.4 Å². The molecule has 2 fully saturated rings. The number of amides is 1. The zero-order valence-electron chi connectivity index (χ0n) is 20.5. The van der Waals surface area contributed by atoms with Gasteiger partial charge in [0.2, 0.25) is 0 Å². The summed E-state index contributed by atoms with van der Waals surface area (Å²) < 4.78 is 11.5. The molecule has 1 saturated heterocycles. The summed E-state index contributed by atoms with van der Waals surface area (Å²) in [7, 11) is 1.79. The Morgan fingerprint density at radius 1 is 1.18 bits per heavy atom. The highest BCUT2D eigenvalue weighted by molar-refractivity contribution is 5.91. The number of ether oxygens (including phenoxy) is 1. The molecule has 5 aliphatic rings. The number of carbonyl (C=O) groups excluding carboxylic acids is 1. The van der Waals surface area contributed by atoms with Crippen LogP contribution in [0.5, 0.6) is 0 Å². The first-order valence-corrected chi connectivity index (χ1v) is 12.8. The second-order valence-corrected chi connectivity index (χ2v) is 11.4. The minimum absolute atomic E-state index is 0.0786. The average molecular weight is 461 g/mol. The largest absolute Gasteiger partial charge is 0.459 e. The van der Waals surface area contributed by atoms with E-state index in [1.54, 1.807) is 24.8 Å². The molecule has 2 aromatic rings. The van der Waals surface area contributed by atoms with Gasteiger partial charge < -0.3 is 14.5 Å². The highest BCUT2D eigenvalue weighted by Gasteiger charge is 2.55. The van der Waals surface area contributed by atoms with Crippen LogP contribution < -0.4 is 5.32 Å². The van der Waals surface area contributed by atoms with E-state index < -0.39 is 0 Å². The molecule has 2 bridgehead atoms. The molecule has 1 aliphatic heterocycles. The minimum atomic E-state index is -0.188. The summed E-state index contributed by atoms with van der Waals surface area (Å²) in [5, 5.41) is 3.23. The normalized spacial score (nSPS) is 31.0. The van der Waals surface area contributed by atoms with Gasteiger partial charge in [-0.05, 0) is 79.3 Å². The van der Waals surface area contributed by atoms with Crippen LogP contribution in [-0.4, -0.2) is 43.7 Å². The molecule has 1 aromatic heterocycles. The SMILES string of the molecule is CO[C@H]1[C@H](NC(=O)c2ccco2)c2ccccc2C12CCN(CC1=CC[C@H]3C[C@@H]1C3(C)C)CC2. The minimum Gasteiger partial charge on any atom is -0.459 e. The van der Waals surface area contributed by atoms with E-state index in [9.17, 15) is 4.79 Å². The van der Waals surface area contributed by atoms with Crippen molar-refractivity contribution in [3.63, 3.8) is 0 Å². The van der Waals surface area contributed by atoms with E-state index in [0.717, 1.165) is 44.3 Å². The molecule has 7 rings (SSSR count). The first-order valence-electron chi connectivity index (χ1n) is 12.8. The molecule has 1 N–H and O–H groups in total. The van der Waals surface area contributed by atoms with Crippen molar-refractivity contribution < 1.29 is 13.9 Å². The zero-order valence-corrected chi connectivity index (χ0v) is 20.5. The molecule has 0 radical (unpaired) electrons. The number of piperidine rings is 1. The van der Waals surface area contributed by atoms with Gasteiger partial charge in [-0.1, -0.05) is 49.8 Å². The summed E-state index contributed by atoms with van der Waals surface area (Å²) in [6, 6.07) is 11.9. The van der Waals surface area contributed by atoms with Crippen LogP contribution in [0.3, 0.4) is 0 Å². The maximum Gasteiger partial charge on any atom is 0.287 e. The smallest absolute Gasteiger partial charge is 0.287 e. The number of allylic oxidation sites excluding steroid dienone is 1. The number of rotatable bonds is 5. The van der Waals surface area contributed by atoms with E-state index in [4.69, 9.17) is 9.15 Å². The Hall–Kier alpha value is -2.37. The molecular weight excluding hydrogens is 424 g/mol. The number of benzene rings is 1. The van der Waals surface area contributed by atoms with Gasteiger partial charge in [0.1, 0.15) is 0 Å². The summed E-state index contributed by atoms with van der Waals surface area (Å²) in [6.45, 7) is 8.14. The number of likely N-dealkylation sites (tertiary alicyclic amines) is 1. The fourth-order valence-electron chi connectivity index (χ4n) is 7.57. The fraction of sp³-hybridized carbons (Fsp3) is 0.552. The highest BCUT2D eigenvalue weighted by Crippen LogP contribution is 2.59. The summed E-state index contributed by atoms with van der Waals surface area (Å²) in [5.74, 6) is 1.80. The Morgan fingerprint density at radius 3 is 2.65 bits per heavy atom. The van der Waals surface area contributed by atoms with Crippen LogP contribution in [0.25, 0.3) is 0 Å². The Bertz CT molecular complexity index is 1090. The Kier molecular flexibility index (Phi) is 5.27. The quantitative estimate of drug-likeness (QED) is 0.631. The molecule has 4 atom stereocenters. The van der Waals surface area contributed by atoms with Gasteiger partial charge in [0, 0.05) is 19.1 Å². The predicted molar refractivity (Wildman–Crippen MR) is 132 cm³/mol. The number of hydrogen-bond acceptors (Lipinski definition) is 4. The van der Waals surface area contributed by atoms with E-state index in [1.165, 1.54) is 30.2 Å². The number of nitrogens with one attached hydrogen (secondary N) is 1. The first kappa shape index (κ1) is 22.1. The predicted octanol–water partition coefficient (Wildman–Crippen LogP) is 5.11. The summed E-state index contributed by atoms with van der Waals surface area (Å²) in [4.78, 5) is 15.5.